The summed E-state index contributed by atoms with van der Waals surface area (Å²) in [4.78, 5) is 13.3. The van der Waals surface area contributed by atoms with Crippen molar-refractivity contribution in [3.8, 4) is 0 Å². The van der Waals surface area contributed by atoms with E-state index >= 15 is 0 Å². The number of amides is 1. The summed E-state index contributed by atoms with van der Waals surface area (Å²) in [5.74, 6) is 0.404. The van der Waals surface area contributed by atoms with Crippen LogP contribution in [-0.2, 0) is 19.6 Å². The number of rotatable bonds is 8. The fraction of sp³-hybridized carbons (Fsp3) is 0.957. The van der Waals surface area contributed by atoms with E-state index in [1.807, 2.05) is 6.92 Å². The molecule has 0 heterocycles. The first-order chi connectivity index (χ1) is 14.8. The van der Waals surface area contributed by atoms with Gasteiger partial charge in [-0.2, -0.15) is 4.31 Å². The van der Waals surface area contributed by atoms with Gasteiger partial charge in [0.05, 0.1) is 23.9 Å². The monoisotopic (exact) mass is 520 g/mol. The molecule has 0 aliphatic heterocycles. The second kappa shape index (κ2) is 11.8. The molecule has 0 aromatic heterocycles. The molecule has 31 heavy (non-hydrogen) atoms. The quantitative estimate of drug-likeness (QED) is 0.482. The first kappa shape index (κ1) is 25.4. The van der Waals surface area contributed by atoms with Crippen LogP contribution in [0.15, 0.2) is 0 Å². The summed E-state index contributed by atoms with van der Waals surface area (Å²) in [5, 5.41) is 2.76. The maximum Gasteiger partial charge on any atom is 0.235 e. The Hall–Kier alpha value is -0.180. The molecule has 180 valence electrons. The standard InChI is InChI=1S/C23H41BrN2O4S/c1-3-30-22-11-7-6-10-21(22)26(31(28,29)18-14-12-17(2)13-15-18)16-23(27)25-20-9-5-4-8-19(20)24/h17-22H,3-16H2,1-2H3,(H,25,27). The second-order valence-electron chi connectivity index (χ2n) is 9.79. The Balaban J connectivity index is 1.78. The average Bonchev–Trinajstić information content (AvgIpc) is 2.75. The Labute approximate surface area is 197 Å². The van der Waals surface area contributed by atoms with Crippen LogP contribution < -0.4 is 5.32 Å². The SMILES string of the molecule is CCOC1CCCCC1N(CC(=O)NC1CCCCC1Br)S(=O)(=O)C1CCC(C)CC1. The van der Waals surface area contributed by atoms with Crippen LogP contribution in [0.25, 0.3) is 0 Å². The van der Waals surface area contributed by atoms with E-state index in [0.717, 1.165) is 57.8 Å². The Morgan fingerprint density at radius 1 is 1.00 bits per heavy atom. The van der Waals surface area contributed by atoms with E-state index in [1.54, 1.807) is 4.31 Å². The van der Waals surface area contributed by atoms with Crippen LogP contribution in [0.4, 0.5) is 0 Å². The molecule has 4 unspecified atom stereocenters. The lowest BCUT2D eigenvalue weighted by atomic mass is 9.91. The maximum atomic E-state index is 13.8. The Morgan fingerprint density at radius 2 is 1.65 bits per heavy atom. The number of carbonyl (C=O) groups is 1. The van der Waals surface area contributed by atoms with Crippen LogP contribution >= 0.6 is 15.9 Å². The lowest BCUT2D eigenvalue weighted by Gasteiger charge is -2.41. The van der Waals surface area contributed by atoms with Gasteiger partial charge in [-0.05, 0) is 64.2 Å². The van der Waals surface area contributed by atoms with E-state index in [1.165, 1.54) is 6.42 Å². The molecule has 8 heteroatoms. The topological polar surface area (TPSA) is 75.7 Å². The van der Waals surface area contributed by atoms with Crippen molar-refractivity contribution in [2.45, 2.75) is 119 Å². The highest BCUT2D eigenvalue weighted by molar-refractivity contribution is 9.09. The minimum atomic E-state index is -3.57. The number of sulfonamides is 1. The van der Waals surface area contributed by atoms with Crippen molar-refractivity contribution < 1.29 is 17.9 Å². The first-order valence-electron chi connectivity index (χ1n) is 12.4. The normalized spacial score (nSPS) is 35.1. The third-order valence-electron chi connectivity index (χ3n) is 7.46. The lowest BCUT2D eigenvalue weighted by molar-refractivity contribution is -0.123. The zero-order chi connectivity index (χ0) is 22.4. The number of ether oxygens (including phenoxy) is 1. The zero-order valence-corrected chi connectivity index (χ0v) is 21.6. The van der Waals surface area contributed by atoms with Gasteiger partial charge >= 0.3 is 0 Å². The molecule has 1 amide bonds. The minimum Gasteiger partial charge on any atom is -0.377 e. The molecule has 3 aliphatic carbocycles. The number of halogens is 1. The summed E-state index contributed by atoms with van der Waals surface area (Å²) >= 11 is 3.70. The van der Waals surface area contributed by atoms with Crippen molar-refractivity contribution in [2.24, 2.45) is 5.92 Å². The van der Waals surface area contributed by atoms with Crippen molar-refractivity contribution in [3.63, 3.8) is 0 Å². The minimum absolute atomic E-state index is 0.0791. The summed E-state index contributed by atoms with van der Waals surface area (Å²) in [7, 11) is -3.57. The van der Waals surface area contributed by atoms with Gasteiger partial charge in [-0.1, -0.05) is 48.5 Å². The molecule has 1 N–H and O–H groups in total. The number of nitrogens with one attached hydrogen (secondary N) is 1. The van der Waals surface area contributed by atoms with Crippen LogP contribution in [0.2, 0.25) is 0 Å². The van der Waals surface area contributed by atoms with Crippen LogP contribution in [0, 0.1) is 5.92 Å². The van der Waals surface area contributed by atoms with Gasteiger partial charge < -0.3 is 10.1 Å². The van der Waals surface area contributed by atoms with Gasteiger partial charge in [0.25, 0.3) is 0 Å². The summed E-state index contributed by atoms with van der Waals surface area (Å²) in [6.07, 6.45) is 11.1. The number of carbonyl (C=O) groups excluding carboxylic acids is 1. The van der Waals surface area contributed by atoms with Crippen molar-refractivity contribution >= 4 is 31.9 Å². The molecule has 6 nitrogen and oxygen atoms in total. The van der Waals surface area contributed by atoms with Crippen LogP contribution in [0.5, 0.6) is 0 Å². The van der Waals surface area contributed by atoms with Crippen molar-refractivity contribution in [1.29, 1.82) is 0 Å². The highest BCUT2D eigenvalue weighted by Crippen LogP contribution is 2.34. The molecule has 0 saturated heterocycles. The number of alkyl halides is 1. The first-order valence-corrected chi connectivity index (χ1v) is 14.8. The van der Waals surface area contributed by atoms with Gasteiger partial charge in [-0.3, -0.25) is 4.79 Å². The van der Waals surface area contributed by atoms with E-state index in [2.05, 4.69) is 28.2 Å². The molecule has 0 spiro atoms. The highest BCUT2D eigenvalue weighted by atomic mass is 79.9. The van der Waals surface area contributed by atoms with Crippen molar-refractivity contribution in [1.82, 2.24) is 9.62 Å². The Bertz CT molecular complexity index is 679. The second-order valence-corrected chi connectivity index (χ2v) is 13.1. The van der Waals surface area contributed by atoms with Crippen molar-refractivity contribution in [3.05, 3.63) is 0 Å². The van der Waals surface area contributed by atoms with Crippen LogP contribution in [0.1, 0.15) is 90.9 Å². The molecule has 3 saturated carbocycles. The predicted octanol–water partition coefficient (Wildman–Crippen LogP) is 4.37. The molecule has 3 fully saturated rings. The molecule has 0 radical (unpaired) electrons. The average molecular weight is 522 g/mol. The van der Waals surface area contributed by atoms with Gasteiger partial charge in [-0.25, -0.2) is 8.42 Å². The van der Waals surface area contributed by atoms with Gasteiger partial charge in [0.15, 0.2) is 0 Å². The van der Waals surface area contributed by atoms with E-state index in [-0.39, 0.29) is 40.7 Å². The molecule has 3 aliphatic rings. The van der Waals surface area contributed by atoms with Crippen LogP contribution in [0.3, 0.4) is 0 Å². The molecular formula is C23H41BrN2O4S. The number of hydrogen-bond acceptors (Lipinski definition) is 4. The summed E-state index contributed by atoms with van der Waals surface area (Å²) in [6, 6.07) is -0.162. The fourth-order valence-corrected chi connectivity index (χ4v) is 8.46. The van der Waals surface area contributed by atoms with Gasteiger partial charge in [-0.15, -0.1) is 0 Å². The van der Waals surface area contributed by atoms with Gasteiger partial charge in [0.1, 0.15) is 0 Å². The predicted molar refractivity (Wildman–Crippen MR) is 128 cm³/mol. The molecule has 3 rings (SSSR count). The van der Waals surface area contributed by atoms with E-state index < -0.39 is 10.0 Å². The van der Waals surface area contributed by atoms with E-state index in [4.69, 9.17) is 4.74 Å². The lowest BCUT2D eigenvalue weighted by Crippen LogP contribution is -2.56. The summed E-state index contributed by atoms with van der Waals surface area (Å²) in [5.41, 5.74) is 0. The molecule has 0 aromatic carbocycles. The fourth-order valence-electron chi connectivity index (χ4n) is 5.57. The molecule has 0 bridgehead atoms. The smallest absolute Gasteiger partial charge is 0.235 e. The molecule has 4 atom stereocenters. The molecule has 0 aromatic rings. The summed E-state index contributed by atoms with van der Waals surface area (Å²) < 4.78 is 35.2. The van der Waals surface area contributed by atoms with Crippen LogP contribution in [-0.4, -0.2) is 60.0 Å². The Morgan fingerprint density at radius 3 is 2.32 bits per heavy atom. The van der Waals surface area contributed by atoms with E-state index in [9.17, 15) is 13.2 Å². The summed E-state index contributed by atoms with van der Waals surface area (Å²) in [6.45, 7) is 4.63. The number of hydrogen-bond donors (Lipinski definition) is 1. The zero-order valence-electron chi connectivity index (χ0n) is 19.2. The maximum absolute atomic E-state index is 13.8. The largest absolute Gasteiger partial charge is 0.377 e. The molecular weight excluding hydrogens is 480 g/mol. The van der Waals surface area contributed by atoms with E-state index in [0.29, 0.717) is 25.4 Å². The van der Waals surface area contributed by atoms with Gasteiger partial charge in [0, 0.05) is 17.5 Å². The highest BCUT2D eigenvalue weighted by Gasteiger charge is 2.43. The third kappa shape index (κ3) is 6.67. The van der Waals surface area contributed by atoms with Crippen molar-refractivity contribution in [2.75, 3.05) is 13.2 Å². The number of nitrogens with zero attached hydrogens (tertiary/aromatic N) is 1. The van der Waals surface area contributed by atoms with Gasteiger partial charge in [0.2, 0.25) is 15.9 Å². The third-order valence-corrected chi connectivity index (χ3v) is 10.9. The Kier molecular flexibility index (Phi) is 9.68.